The highest BCUT2D eigenvalue weighted by atomic mass is 79.9. The molecule has 3 rings (SSSR count). The Balaban J connectivity index is 1.72. The number of nitrogens with two attached hydrogens (primary N) is 1. The number of nitrogen functional groups attached to an aromatic ring is 1. The fourth-order valence-electron chi connectivity index (χ4n) is 2.73. The van der Waals surface area contributed by atoms with Crippen molar-refractivity contribution in [1.29, 1.82) is 0 Å². The van der Waals surface area contributed by atoms with Gasteiger partial charge >= 0.3 is 0 Å². The summed E-state index contributed by atoms with van der Waals surface area (Å²) in [5.74, 6) is 0.987. The fourth-order valence-corrected chi connectivity index (χ4v) is 3.15. The van der Waals surface area contributed by atoms with Gasteiger partial charge in [0, 0.05) is 15.7 Å². The van der Waals surface area contributed by atoms with Gasteiger partial charge in [0.15, 0.2) is 18.1 Å². The van der Waals surface area contributed by atoms with Crippen LogP contribution in [0.5, 0.6) is 11.5 Å². The highest BCUT2D eigenvalue weighted by molar-refractivity contribution is 9.10. The molecule has 0 saturated heterocycles. The minimum Gasteiger partial charge on any atom is -0.490 e. The van der Waals surface area contributed by atoms with E-state index in [-0.39, 0.29) is 12.5 Å². The lowest BCUT2D eigenvalue weighted by molar-refractivity contribution is -0.118. The Morgan fingerprint density at radius 3 is 2.58 bits per heavy atom. The number of hydrogen-bond acceptors (Lipinski definition) is 6. The molecule has 2 aromatic carbocycles. The molecule has 3 N–H and O–H groups in total. The summed E-state index contributed by atoms with van der Waals surface area (Å²) >= 11 is 3.51. The normalized spacial score (nSPS) is 11.0. The molecule has 1 heterocycles. The zero-order chi connectivity index (χ0) is 22.4. The maximum atomic E-state index is 12.3. The maximum absolute atomic E-state index is 12.3. The molecule has 0 bridgehead atoms. The fraction of sp³-hybridized carbons (Fsp3) is 0.227. The third kappa shape index (κ3) is 6.08. The van der Waals surface area contributed by atoms with E-state index in [4.69, 9.17) is 15.2 Å². The van der Waals surface area contributed by atoms with E-state index in [2.05, 4.69) is 31.3 Å². The van der Waals surface area contributed by atoms with Gasteiger partial charge in [-0.15, -0.1) is 0 Å². The number of hydrogen-bond donors (Lipinski definition) is 2. The van der Waals surface area contributed by atoms with Crippen molar-refractivity contribution in [3.63, 3.8) is 0 Å². The quantitative estimate of drug-likeness (QED) is 0.466. The number of anilines is 2. The first-order valence-electron chi connectivity index (χ1n) is 9.67. The van der Waals surface area contributed by atoms with Gasteiger partial charge < -0.3 is 20.5 Å². The number of rotatable bonds is 8. The van der Waals surface area contributed by atoms with Crippen LogP contribution in [-0.4, -0.2) is 35.0 Å². The largest absolute Gasteiger partial charge is 0.490 e. The van der Waals surface area contributed by atoms with E-state index in [1.165, 1.54) is 4.68 Å². The molecular formula is C22H24BrN5O3. The van der Waals surface area contributed by atoms with Gasteiger partial charge in [-0.25, -0.2) is 9.66 Å². The Labute approximate surface area is 189 Å². The topological polar surface area (TPSA) is 104 Å². The van der Waals surface area contributed by atoms with Crippen LogP contribution in [0.1, 0.15) is 23.7 Å². The summed E-state index contributed by atoms with van der Waals surface area (Å²) in [5.41, 5.74) is 9.18. The number of amides is 1. The predicted molar refractivity (Wildman–Crippen MR) is 125 cm³/mol. The summed E-state index contributed by atoms with van der Waals surface area (Å²) in [6.45, 7) is 5.99. The van der Waals surface area contributed by atoms with Crippen LogP contribution >= 0.6 is 15.9 Å². The highest BCUT2D eigenvalue weighted by Crippen LogP contribution is 2.33. The number of aryl methyl sites for hydroxylation is 2. The molecule has 0 saturated carbocycles. The molecule has 0 atom stereocenters. The molecule has 0 aliphatic carbocycles. The predicted octanol–water partition coefficient (Wildman–Crippen LogP) is 4.14. The minimum absolute atomic E-state index is 0.154. The molecule has 8 nitrogen and oxygen atoms in total. The zero-order valence-electron chi connectivity index (χ0n) is 17.6. The van der Waals surface area contributed by atoms with Crippen LogP contribution in [0.2, 0.25) is 0 Å². The number of aromatic nitrogens is 2. The Morgan fingerprint density at radius 2 is 1.94 bits per heavy atom. The van der Waals surface area contributed by atoms with Crippen molar-refractivity contribution in [1.82, 2.24) is 9.66 Å². The summed E-state index contributed by atoms with van der Waals surface area (Å²) in [4.78, 5) is 16.4. The van der Waals surface area contributed by atoms with E-state index in [1.54, 1.807) is 24.5 Å². The van der Waals surface area contributed by atoms with Crippen LogP contribution in [0.4, 0.5) is 11.6 Å². The molecular weight excluding hydrogens is 462 g/mol. The molecule has 0 aliphatic heterocycles. The number of nitrogens with one attached hydrogen (secondary N) is 1. The van der Waals surface area contributed by atoms with Crippen molar-refractivity contribution in [3.05, 3.63) is 63.9 Å². The van der Waals surface area contributed by atoms with E-state index in [0.717, 1.165) is 21.3 Å². The van der Waals surface area contributed by atoms with Gasteiger partial charge in [-0.3, -0.25) is 4.79 Å². The van der Waals surface area contributed by atoms with E-state index < -0.39 is 0 Å². The van der Waals surface area contributed by atoms with E-state index in [9.17, 15) is 4.79 Å². The Morgan fingerprint density at radius 1 is 1.23 bits per heavy atom. The average Bonchev–Trinajstić information content (AvgIpc) is 3.05. The zero-order valence-corrected chi connectivity index (χ0v) is 19.1. The van der Waals surface area contributed by atoms with E-state index in [1.807, 2.05) is 45.0 Å². The van der Waals surface area contributed by atoms with Crippen LogP contribution in [0.3, 0.4) is 0 Å². The molecule has 0 unspecified atom stereocenters. The van der Waals surface area contributed by atoms with Gasteiger partial charge in [0.2, 0.25) is 5.95 Å². The number of imidazole rings is 1. The Bertz CT molecular complexity index is 1090. The van der Waals surface area contributed by atoms with E-state index in [0.29, 0.717) is 29.7 Å². The molecule has 1 amide bonds. The number of halogens is 1. The molecule has 0 spiro atoms. The van der Waals surface area contributed by atoms with Crippen molar-refractivity contribution in [2.75, 3.05) is 24.3 Å². The second-order valence-electron chi connectivity index (χ2n) is 6.79. The van der Waals surface area contributed by atoms with Crippen LogP contribution in [0.15, 0.2) is 52.2 Å². The first-order chi connectivity index (χ1) is 14.9. The molecule has 9 heteroatoms. The lowest BCUT2D eigenvalue weighted by Crippen LogP contribution is -2.20. The molecule has 162 valence electrons. The summed E-state index contributed by atoms with van der Waals surface area (Å²) in [6, 6.07) is 11.1. The van der Waals surface area contributed by atoms with Gasteiger partial charge in [0.25, 0.3) is 5.91 Å². The summed E-state index contributed by atoms with van der Waals surface area (Å²) in [5, 5.41) is 7.13. The second kappa shape index (κ2) is 10.1. The molecule has 31 heavy (non-hydrogen) atoms. The van der Waals surface area contributed by atoms with Gasteiger partial charge in [-0.1, -0.05) is 17.7 Å². The average molecular weight is 486 g/mol. The standard InChI is InChI=1S/C22H24BrN5O3/c1-4-30-19-9-16(11-25-28-12-15(3)26-22(28)24)18(23)10-20(19)31-13-21(29)27-17-7-5-14(2)6-8-17/h5-12H,4,13H2,1-3H3,(H2,24,26)(H,27,29). The highest BCUT2D eigenvalue weighted by Gasteiger charge is 2.12. The molecule has 1 aromatic heterocycles. The van der Waals surface area contributed by atoms with Crippen molar-refractivity contribution in [2.45, 2.75) is 20.8 Å². The van der Waals surface area contributed by atoms with Gasteiger partial charge in [0.1, 0.15) is 0 Å². The van der Waals surface area contributed by atoms with Gasteiger partial charge in [-0.05, 0) is 61.0 Å². The lowest BCUT2D eigenvalue weighted by atomic mass is 10.2. The van der Waals surface area contributed by atoms with Crippen LogP contribution < -0.4 is 20.5 Å². The number of ether oxygens (including phenoxy) is 2. The lowest BCUT2D eigenvalue weighted by Gasteiger charge is -2.14. The number of nitrogens with zero attached hydrogens (tertiary/aromatic N) is 3. The monoisotopic (exact) mass is 485 g/mol. The second-order valence-corrected chi connectivity index (χ2v) is 7.64. The Kier molecular flexibility index (Phi) is 7.30. The molecule has 3 aromatic rings. The summed E-state index contributed by atoms with van der Waals surface area (Å²) in [7, 11) is 0. The summed E-state index contributed by atoms with van der Waals surface area (Å²) < 4.78 is 13.6. The van der Waals surface area contributed by atoms with Crippen molar-refractivity contribution in [2.24, 2.45) is 5.10 Å². The molecule has 0 fully saturated rings. The van der Waals surface area contributed by atoms with Gasteiger partial charge in [0.05, 0.1) is 24.7 Å². The smallest absolute Gasteiger partial charge is 0.262 e. The first kappa shape index (κ1) is 22.4. The number of carbonyl (C=O) groups excluding carboxylic acids is 1. The minimum atomic E-state index is -0.265. The van der Waals surface area contributed by atoms with E-state index >= 15 is 0 Å². The van der Waals surface area contributed by atoms with Crippen LogP contribution in [0.25, 0.3) is 0 Å². The Hall–Kier alpha value is -3.33. The van der Waals surface area contributed by atoms with Crippen molar-refractivity contribution < 1.29 is 14.3 Å². The third-order valence-electron chi connectivity index (χ3n) is 4.21. The first-order valence-corrected chi connectivity index (χ1v) is 10.5. The molecule has 0 radical (unpaired) electrons. The van der Waals surface area contributed by atoms with Crippen LogP contribution in [-0.2, 0) is 4.79 Å². The SMILES string of the molecule is CCOc1cc(C=Nn2cc(C)nc2N)c(Br)cc1OCC(=O)Nc1ccc(C)cc1. The number of carbonyl (C=O) groups is 1. The molecule has 0 aliphatic rings. The summed E-state index contributed by atoms with van der Waals surface area (Å²) in [6.07, 6.45) is 3.37. The number of benzene rings is 2. The van der Waals surface area contributed by atoms with Crippen molar-refractivity contribution >= 4 is 39.7 Å². The van der Waals surface area contributed by atoms with Crippen LogP contribution in [0, 0.1) is 13.8 Å². The van der Waals surface area contributed by atoms with Crippen molar-refractivity contribution in [3.8, 4) is 11.5 Å². The maximum Gasteiger partial charge on any atom is 0.262 e. The third-order valence-corrected chi connectivity index (χ3v) is 4.90. The van der Waals surface area contributed by atoms with Gasteiger partial charge in [-0.2, -0.15) is 5.10 Å².